The number of carbonyl (C=O) groups is 1. The summed E-state index contributed by atoms with van der Waals surface area (Å²) in [7, 11) is 1.70. The molecule has 0 aliphatic carbocycles. The number of amides is 1. The molecule has 8 heteroatoms. The topological polar surface area (TPSA) is 81.9 Å². The van der Waals surface area contributed by atoms with E-state index in [0.29, 0.717) is 12.5 Å². The first-order valence-corrected chi connectivity index (χ1v) is 9.77. The van der Waals surface area contributed by atoms with Gasteiger partial charge in [0, 0.05) is 25.8 Å². The molecule has 2 heterocycles. The van der Waals surface area contributed by atoms with E-state index in [-0.39, 0.29) is 42.5 Å². The van der Waals surface area contributed by atoms with Crippen molar-refractivity contribution < 1.29 is 9.21 Å². The lowest BCUT2D eigenvalue weighted by molar-refractivity contribution is -0.120. The van der Waals surface area contributed by atoms with Crippen LogP contribution in [0.25, 0.3) is 0 Å². The Hall–Kier alpha value is -2.23. The van der Waals surface area contributed by atoms with E-state index in [9.17, 15) is 4.79 Å². The van der Waals surface area contributed by atoms with Gasteiger partial charge in [0.1, 0.15) is 5.76 Å². The predicted octanol–water partition coefficient (Wildman–Crippen LogP) is 3.04. The molecule has 1 aromatic carbocycles. The second kappa shape index (κ2) is 11.7. The molecule has 1 fully saturated rings. The summed E-state index contributed by atoms with van der Waals surface area (Å²) in [4.78, 5) is 18.6. The van der Waals surface area contributed by atoms with Crippen LogP contribution in [0, 0.1) is 0 Å². The monoisotopic (exact) mass is 511 g/mol. The van der Waals surface area contributed by atoms with Crippen molar-refractivity contribution in [3.05, 3.63) is 54.0 Å². The Labute approximate surface area is 189 Å². The van der Waals surface area contributed by atoms with Crippen LogP contribution in [0.3, 0.4) is 0 Å². The summed E-state index contributed by atoms with van der Waals surface area (Å²) in [6.07, 6.45) is 4.11. The molecule has 29 heavy (non-hydrogen) atoms. The molecule has 158 valence electrons. The second-order valence-electron chi connectivity index (χ2n) is 6.94. The van der Waals surface area contributed by atoms with Crippen molar-refractivity contribution in [2.75, 3.05) is 31.6 Å². The standard InChI is InChI=1S/C21H29N5O2.HI/c1-16(17-7-5-8-18(13-17)26-10-3-4-11-26)25-21(22-2)24-15-20(27)23-14-19-9-6-12-28-19;/h5-9,12-13,16H,3-4,10-11,14-15H2,1-2H3,(H,23,27)(H2,22,24,25);1H. The molecule has 1 aromatic heterocycles. The molecule has 3 rings (SSSR count). The second-order valence-corrected chi connectivity index (χ2v) is 6.94. The summed E-state index contributed by atoms with van der Waals surface area (Å²) < 4.78 is 5.20. The highest BCUT2D eigenvalue weighted by atomic mass is 127. The Balaban J connectivity index is 0.00000300. The smallest absolute Gasteiger partial charge is 0.239 e. The molecular weight excluding hydrogens is 481 g/mol. The van der Waals surface area contributed by atoms with Gasteiger partial charge >= 0.3 is 0 Å². The number of benzene rings is 1. The maximum absolute atomic E-state index is 12.0. The normalized spacial score (nSPS) is 14.8. The molecule has 3 N–H and O–H groups in total. The minimum atomic E-state index is -0.122. The number of aliphatic imine (C=N–C) groups is 1. The van der Waals surface area contributed by atoms with Crippen molar-refractivity contribution in [1.29, 1.82) is 0 Å². The van der Waals surface area contributed by atoms with Crippen LogP contribution in [0.1, 0.15) is 37.1 Å². The zero-order chi connectivity index (χ0) is 19.8. The van der Waals surface area contributed by atoms with Gasteiger partial charge in [0.15, 0.2) is 5.96 Å². The van der Waals surface area contributed by atoms with Gasteiger partial charge in [-0.1, -0.05) is 12.1 Å². The average Bonchev–Trinajstić information content (AvgIpc) is 3.43. The zero-order valence-corrected chi connectivity index (χ0v) is 19.3. The predicted molar refractivity (Wildman–Crippen MR) is 127 cm³/mol. The number of nitrogens with zero attached hydrogens (tertiary/aromatic N) is 2. The fraction of sp³-hybridized carbons (Fsp3) is 0.429. The van der Waals surface area contributed by atoms with Crippen molar-refractivity contribution in [2.45, 2.75) is 32.4 Å². The van der Waals surface area contributed by atoms with Crippen LogP contribution in [-0.4, -0.2) is 38.5 Å². The number of anilines is 1. The average molecular weight is 511 g/mol. The number of rotatable bonds is 7. The highest BCUT2D eigenvalue weighted by Gasteiger charge is 2.14. The summed E-state index contributed by atoms with van der Waals surface area (Å²) in [5.74, 6) is 1.19. The molecule has 1 atom stereocenters. The lowest BCUT2D eigenvalue weighted by Gasteiger charge is -2.22. The van der Waals surface area contributed by atoms with E-state index in [2.05, 4.69) is 57.0 Å². The van der Waals surface area contributed by atoms with Gasteiger partial charge in [-0.3, -0.25) is 9.79 Å². The third-order valence-electron chi connectivity index (χ3n) is 4.87. The molecule has 0 saturated carbocycles. The third kappa shape index (κ3) is 6.95. The van der Waals surface area contributed by atoms with Gasteiger partial charge in [0.25, 0.3) is 0 Å². The number of nitrogens with one attached hydrogen (secondary N) is 3. The lowest BCUT2D eigenvalue weighted by Crippen LogP contribution is -2.43. The SMILES string of the molecule is CN=C(NCC(=O)NCc1ccco1)NC(C)c1cccc(N2CCCC2)c1.I. The Kier molecular flexibility index (Phi) is 9.30. The Morgan fingerprint density at radius 3 is 2.69 bits per heavy atom. The summed E-state index contributed by atoms with van der Waals surface area (Å²) in [5.41, 5.74) is 2.46. The molecule has 0 radical (unpaired) electrons. The molecule has 7 nitrogen and oxygen atoms in total. The fourth-order valence-corrected chi connectivity index (χ4v) is 3.27. The zero-order valence-electron chi connectivity index (χ0n) is 17.0. The molecule has 1 unspecified atom stereocenters. The Morgan fingerprint density at radius 1 is 1.21 bits per heavy atom. The van der Waals surface area contributed by atoms with Crippen LogP contribution in [0.15, 0.2) is 52.1 Å². The van der Waals surface area contributed by atoms with E-state index in [4.69, 9.17) is 4.42 Å². The van der Waals surface area contributed by atoms with Crippen molar-refractivity contribution in [3.8, 4) is 0 Å². The number of guanidine groups is 1. The number of furan rings is 1. The Morgan fingerprint density at radius 2 is 2.00 bits per heavy atom. The molecule has 1 aliphatic rings. The minimum absolute atomic E-state index is 0. The molecule has 0 spiro atoms. The molecular formula is C21H30IN5O2. The number of hydrogen-bond donors (Lipinski definition) is 3. The van der Waals surface area contributed by atoms with Crippen molar-refractivity contribution >= 4 is 41.5 Å². The maximum atomic E-state index is 12.0. The van der Waals surface area contributed by atoms with E-state index in [1.807, 2.05) is 6.07 Å². The summed E-state index contributed by atoms with van der Waals surface area (Å²) >= 11 is 0. The lowest BCUT2D eigenvalue weighted by atomic mass is 10.1. The fourth-order valence-electron chi connectivity index (χ4n) is 3.27. The van der Waals surface area contributed by atoms with E-state index < -0.39 is 0 Å². The van der Waals surface area contributed by atoms with Crippen LogP contribution < -0.4 is 20.9 Å². The number of hydrogen-bond acceptors (Lipinski definition) is 4. The maximum Gasteiger partial charge on any atom is 0.239 e. The largest absolute Gasteiger partial charge is 0.467 e. The van der Waals surface area contributed by atoms with Crippen molar-refractivity contribution in [3.63, 3.8) is 0 Å². The summed E-state index contributed by atoms with van der Waals surface area (Å²) in [5, 5.41) is 9.21. The van der Waals surface area contributed by atoms with E-state index >= 15 is 0 Å². The molecule has 1 aliphatic heterocycles. The molecule has 1 amide bonds. The third-order valence-corrected chi connectivity index (χ3v) is 4.87. The summed E-state index contributed by atoms with van der Waals surface area (Å²) in [6, 6.07) is 12.3. The van der Waals surface area contributed by atoms with Crippen LogP contribution in [0.5, 0.6) is 0 Å². The minimum Gasteiger partial charge on any atom is -0.467 e. The van der Waals surface area contributed by atoms with Gasteiger partial charge in [-0.05, 0) is 49.6 Å². The number of carbonyl (C=O) groups excluding carboxylic acids is 1. The van der Waals surface area contributed by atoms with Gasteiger partial charge in [-0.15, -0.1) is 24.0 Å². The van der Waals surface area contributed by atoms with E-state index in [1.54, 1.807) is 19.4 Å². The van der Waals surface area contributed by atoms with Crippen molar-refractivity contribution in [1.82, 2.24) is 16.0 Å². The molecule has 1 saturated heterocycles. The van der Waals surface area contributed by atoms with Gasteiger partial charge in [0.2, 0.25) is 5.91 Å². The highest BCUT2D eigenvalue weighted by Crippen LogP contribution is 2.23. The quantitative estimate of drug-likeness (QED) is 0.303. The van der Waals surface area contributed by atoms with Crippen LogP contribution in [0.2, 0.25) is 0 Å². The van der Waals surface area contributed by atoms with E-state index in [0.717, 1.165) is 18.8 Å². The highest BCUT2D eigenvalue weighted by molar-refractivity contribution is 14.0. The first kappa shape index (κ1) is 23.1. The van der Waals surface area contributed by atoms with E-state index in [1.165, 1.54) is 24.1 Å². The van der Waals surface area contributed by atoms with Crippen molar-refractivity contribution in [2.24, 2.45) is 4.99 Å². The van der Waals surface area contributed by atoms with Gasteiger partial charge in [0.05, 0.1) is 25.4 Å². The van der Waals surface area contributed by atoms with Crippen LogP contribution in [0.4, 0.5) is 5.69 Å². The first-order valence-electron chi connectivity index (χ1n) is 9.77. The van der Waals surface area contributed by atoms with Gasteiger partial charge < -0.3 is 25.3 Å². The van der Waals surface area contributed by atoms with Crippen LogP contribution in [-0.2, 0) is 11.3 Å². The summed E-state index contributed by atoms with van der Waals surface area (Å²) in [6.45, 7) is 4.86. The van der Waals surface area contributed by atoms with Crippen LogP contribution >= 0.6 is 24.0 Å². The number of halogens is 1. The molecule has 0 bridgehead atoms. The Bertz CT molecular complexity index is 788. The van der Waals surface area contributed by atoms with Gasteiger partial charge in [-0.25, -0.2) is 0 Å². The first-order chi connectivity index (χ1) is 13.7. The van der Waals surface area contributed by atoms with Gasteiger partial charge in [-0.2, -0.15) is 0 Å². The molecule has 2 aromatic rings.